The predicted molar refractivity (Wildman–Crippen MR) is 63.1 cm³/mol. The molecule has 1 aromatic carbocycles. The summed E-state index contributed by atoms with van der Waals surface area (Å²) in [5.74, 6) is 0.655. The molecule has 0 bridgehead atoms. The molecule has 0 fully saturated rings. The molecule has 6 heteroatoms. The SMILES string of the molecule is NC1NN=C(COc2ccccc2Cl)S1. The summed E-state index contributed by atoms with van der Waals surface area (Å²) in [6, 6.07) is 7.32. The highest BCUT2D eigenvalue weighted by atomic mass is 35.5. The van der Waals surface area contributed by atoms with Crippen LogP contribution in [0.1, 0.15) is 0 Å². The molecule has 0 amide bonds. The van der Waals surface area contributed by atoms with Crippen molar-refractivity contribution in [3.05, 3.63) is 29.3 Å². The monoisotopic (exact) mass is 243 g/mol. The van der Waals surface area contributed by atoms with E-state index in [4.69, 9.17) is 22.1 Å². The Balaban J connectivity index is 1.91. The lowest BCUT2D eigenvalue weighted by atomic mass is 10.3. The highest BCUT2D eigenvalue weighted by Crippen LogP contribution is 2.24. The van der Waals surface area contributed by atoms with Gasteiger partial charge in [0.15, 0.2) is 0 Å². The molecule has 0 radical (unpaired) electrons. The predicted octanol–water partition coefficient (Wildman–Crippen LogP) is 1.61. The first-order valence-electron chi connectivity index (χ1n) is 4.37. The van der Waals surface area contributed by atoms with E-state index >= 15 is 0 Å². The number of hydrogen-bond acceptors (Lipinski definition) is 5. The number of rotatable bonds is 3. The van der Waals surface area contributed by atoms with Gasteiger partial charge in [-0.2, -0.15) is 5.10 Å². The second kappa shape index (κ2) is 4.74. The van der Waals surface area contributed by atoms with Crippen molar-refractivity contribution < 1.29 is 4.74 Å². The summed E-state index contributed by atoms with van der Waals surface area (Å²) >= 11 is 7.37. The minimum absolute atomic E-state index is 0.171. The van der Waals surface area contributed by atoms with Crippen LogP contribution in [0, 0.1) is 0 Å². The van der Waals surface area contributed by atoms with Crippen molar-refractivity contribution in [2.24, 2.45) is 10.8 Å². The van der Waals surface area contributed by atoms with Crippen LogP contribution in [-0.2, 0) is 0 Å². The van der Waals surface area contributed by atoms with Gasteiger partial charge >= 0.3 is 0 Å². The molecule has 0 saturated carbocycles. The Bertz CT molecular complexity index is 385. The van der Waals surface area contributed by atoms with Crippen LogP contribution in [0.5, 0.6) is 5.75 Å². The second-order valence-electron chi connectivity index (χ2n) is 2.89. The number of hydrogen-bond donors (Lipinski definition) is 2. The molecule has 1 aromatic rings. The average Bonchev–Trinajstić information content (AvgIpc) is 2.63. The number of thioether (sulfide) groups is 1. The minimum Gasteiger partial charge on any atom is -0.485 e. The van der Waals surface area contributed by atoms with Crippen LogP contribution in [0.4, 0.5) is 0 Å². The van der Waals surface area contributed by atoms with Gasteiger partial charge in [-0.05, 0) is 12.1 Å². The molecule has 2 rings (SSSR count). The van der Waals surface area contributed by atoms with Gasteiger partial charge in [-0.15, -0.1) is 0 Å². The van der Waals surface area contributed by atoms with E-state index in [0.717, 1.165) is 5.04 Å². The van der Waals surface area contributed by atoms with Gasteiger partial charge in [-0.25, -0.2) is 0 Å². The van der Waals surface area contributed by atoms with Crippen molar-refractivity contribution in [2.75, 3.05) is 6.61 Å². The Kier molecular flexibility index (Phi) is 3.35. The highest BCUT2D eigenvalue weighted by molar-refractivity contribution is 8.14. The van der Waals surface area contributed by atoms with E-state index in [9.17, 15) is 0 Å². The van der Waals surface area contributed by atoms with Gasteiger partial charge < -0.3 is 10.5 Å². The van der Waals surface area contributed by atoms with Crippen molar-refractivity contribution in [2.45, 2.75) is 5.50 Å². The van der Waals surface area contributed by atoms with E-state index in [1.807, 2.05) is 18.2 Å². The lowest BCUT2D eigenvalue weighted by Crippen LogP contribution is -2.25. The van der Waals surface area contributed by atoms with Crippen LogP contribution in [0.3, 0.4) is 0 Å². The molecule has 0 saturated heterocycles. The Morgan fingerprint density at radius 1 is 1.53 bits per heavy atom. The molecule has 3 N–H and O–H groups in total. The van der Waals surface area contributed by atoms with Gasteiger partial charge in [0.2, 0.25) is 0 Å². The number of para-hydroxylation sites is 1. The van der Waals surface area contributed by atoms with Crippen molar-refractivity contribution in [1.29, 1.82) is 0 Å². The lowest BCUT2D eigenvalue weighted by molar-refractivity contribution is 0.379. The smallest absolute Gasteiger partial charge is 0.144 e. The van der Waals surface area contributed by atoms with E-state index in [1.165, 1.54) is 11.8 Å². The molecule has 0 aliphatic carbocycles. The van der Waals surface area contributed by atoms with Crippen molar-refractivity contribution >= 4 is 28.4 Å². The van der Waals surface area contributed by atoms with Gasteiger partial charge in [0.25, 0.3) is 0 Å². The number of ether oxygens (including phenoxy) is 1. The van der Waals surface area contributed by atoms with Gasteiger partial charge in [-0.1, -0.05) is 35.5 Å². The van der Waals surface area contributed by atoms with E-state index < -0.39 is 0 Å². The van der Waals surface area contributed by atoms with Crippen LogP contribution >= 0.6 is 23.4 Å². The molecule has 1 aliphatic rings. The Labute approximate surface area is 96.8 Å². The van der Waals surface area contributed by atoms with Crippen LogP contribution in [0.2, 0.25) is 5.02 Å². The van der Waals surface area contributed by atoms with E-state index in [2.05, 4.69) is 10.5 Å². The number of nitrogens with zero attached hydrogens (tertiary/aromatic N) is 1. The summed E-state index contributed by atoms with van der Waals surface area (Å²) < 4.78 is 5.49. The largest absolute Gasteiger partial charge is 0.485 e. The highest BCUT2D eigenvalue weighted by Gasteiger charge is 2.15. The number of hydrazone groups is 1. The molecule has 0 aromatic heterocycles. The van der Waals surface area contributed by atoms with Gasteiger partial charge in [0, 0.05) is 0 Å². The maximum atomic E-state index is 5.93. The summed E-state index contributed by atoms with van der Waals surface area (Å²) in [6.07, 6.45) is 0. The summed E-state index contributed by atoms with van der Waals surface area (Å²) in [7, 11) is 0. The zero-order chi connectivity index (χ0) is 10.7. The third-order valence-corrected chi connectivity index (χ3v) is 2.92. The summed E-state index contributed by atoms with van der Waals surface area (Å²) in [4.78, 5) is 0. The molecule has 0 spiro atoms. The third kappa shape index (κ3) is 2.77. The quantitative estimate of drug-likeness (QED) is 0.847. The third-order valence-electron chi connectivity index (χ3n) is 1.77. The Hall–Kier alpha value is -0.910. The van der Waals surface area contributed by atoms with Crippen molar-refractivity contribution in [3.8, 4) is 5.75 Å². The fourth-order valence-corrected chi connectivity index (χ4v) is 1.92. The van der Waals surface area contributed by atoms with E-state index in [1.54, 1.807) is 6.07 Å². The van der Waals surface area contributed by atoms with Crippen LogP contribution in [0.25, 0.3) is 0 Å². The maximum Gasteiger partial charge on any atom is 0.144 e. The van der Waals surface area contributed by atoms with Gasteiger partial charge in [0.1, 0.15) is 22.9 Å². The first kappa shape index (κ1) is 10.6. The molecule has 80 valence electrons. The molecule has 1 unspecified atom stereocenters. The molecular formula is C9H10ClN3OS. The minimum atomic E-state index is -0.171. The summed E-state index contributed by atoms with van der Waals surface area (Å²) in [5.41, 5.74) is 8.14. The van der Waals surface area contributed by atoms with Crippen molar-refractivity contribution in [1.82, 2.24) is 5.43 Å². The number of benzene rings is 1. The standard InChI is InChI=1S/C9H10ClN3OS/c10-6-3-1-2-4-7(6)14-5-8-12-13-9(11)15-8/h1-4,9,13H,5,11H2. The van der Waals surface area contributed by atoms with Crippen molar-refractivity contribution in [3.63, 3.8) is 0 Å². The van der Waals surface area contributed by atoms with Crippen LogP contribution in [-0.4, -0.2) is 17.1 Å². The molecule has 1 aliphatic heterocycles. The van der Waals surface area contributed by atoms with Gasteiger partial charge in [0.05, 0.1) is 5.02 Å². The molecule has 15 heavy (non-hydrogen) atoms. The fraction of sp³-hybridized carbons (Fsp3) is 0.222. The number of nitrogens with one attached hydrogen (secondary N) is 1. The first-order valence-corrected chi connectivity index (χ1v) is 5.63. The molecule has 1 heterocycles. The fourth-order valence-electron chi connectivity index (χ4n) is 1.10. The normalized spacial score (nSPS) is 19.6. The zero-order valence-corrected chi connectivity index (χ0v) is 9.39. The maximum absolute atomic E-state index is 5.93. The summed E-state index contributed by atoms with van der Waals surface area (Å²) in [5, 5.41) is 5.42. The molecule has 4 nitrogen and oxygen atoms in total. The molecular weight excluding hydrogens is 234 g/mol. The lowest BCUT2D eigenvalue weighted by Gasteiger charge is -2.06. The number of nitrogens with two attached hydrogens (primary N) is 1. The van der Waals surface area contributed by atoms with E-state index in [-0.39, 0.29) is 5.50 Å². The molecule has 1 atom stereocenters. The van der Waals surface area contributed by atoms with E-state index in [0.29, 0.717) is 17.4 Å². The Morgan fingerprint density at radius 2 is 2.33 bits per heavy atom. The number of halogens is 1. The summed E-state index contributed by atoms with van der Waals surface area (Å²) in [6.45, 7) is 0.384. The average molecular weight is 244 g/mol. The Morgan fingerprint density at radius 3 is 3.00 bits per heavy atom. The van der Waals surface area contributed by atoms with Gasteiger partial charge in [-0.3, -0.25) is 5.43 Å². The zero-order valence-electron chi connectivity index (χ0n) is 7.81. The topological polar surface area (TPSA) is 59.6 Å². The first-order chi connectivity index (χ1) is 7.25. The second-order valence-corrected chi connectivity index (χ2v) is 4.51. The van der Waals surface area contributed by atoms with Crippen LogP contribution < -0.4 is 15.9 Å². The van der Waals surface area contributed by atoms with Crippen LogP contribution in [0.15, 0.2) is 29.4 Å².